The lowest BCUT2D eigenvalue weighted by Gasteiger charge is -2.07. The zero-order valence-corrected chi connectivity index (χ0v) is 16.3. The van der Waals surface area contributed by atoms with Gasteiger partial charge in [-0.05, 0) is 51.0 Å². The maximum absolute atomic E-state index is 4.85. The molecule has 4 heterocycles. The minimum Gasteiger partial charge on any atom is -0.282 e. The van der Waals surface area contributed by atoms with Crippen LogP contribution < -0.4 is 0 Å². The second-order valence-electron chi connectivity index (χ2n) is 7.25. The van der Waals surface area contributed by atoms with Crippen molar-refractivity contribution in [3.8, 4) is 17.2 Å². The molecule has 0 atom stereocenters. The largest absolute Gasteiger partial charge is 0.282 e. The van der Waals surface area contributed by atoms with Crippen molar-refractivity contribution in [2.45, 2.75) is 27.7 Å². The predicted molar refractivity (Wildman–Crippen MR) is 110 cm³/mol. The highest BCUT2D eigenvalue weighted by molar-refractivity contribution is 5.95. The molecular weight excluding hydrogens is 348 g/mol. The third kappa shape index (κ3) is 2.41. The van der Waals surface area contributed by atoms with Crippen LogP contribution in [-0.2, 0) is 0 Å². The Morgan fingerprint density at radius 2 is 1.61 bits per heavy atom. The summed E-state index contributed by atoms with van der Waals surface area (Å²) in [5, 5.41) is 5.66. The van der Waals surface area contributed by atoms with Gasteiger partial charge in [0.25, 0.3) is 0 Å². The van der Waals surface area contributed by atoms with Gasteiger partial charge < -0.3 is 0 Å². The zero-order chi connectivity index (χ0) is 19.4. The van der Waals surface area contributed by atoms with Gasteiger partial charge in [-0.1, -0.05) is 29.8 Å². The van der Waals surface area contributed by atoms with Crippen molar-refractivity contribution in [3.63, 3.8) is 0 Å². The Morgan fingerprint density at radius 3 is 2.36 bits per heavy atom. The lowest BCUT2D eigenvalue weighted by molar-refractivity contribution is 0.918. The summed E-state index contributed by atoms with van der Waals surface area (Å²) < 4.78 is 3.86. The Hall–Kier alpha value is -3.54. The molecule has 6 heteroatoms. The summed E-state index contributed by atoms with van der Waals surface area (Å²) in [6.45, 7) is 8.33. The van der Waals surface area contributed by atoms with E-state index in [1.54, 1.807) is 10.8 Å². The van der Waals surface area contributed by atoms with Crippen LogP contribution in [-0.4, -0.2) is 29.1 Å². The summed E-state index contributed by atoms with van der Waals surface area (Å²) in [7, 11) is 0. The van der Waals surface area contributed by atoms with Crippen LogP contribution in [0.4, 0.5) is 0 Å². The number of pyridine rings is 1. The van der Waals surface area contributed by atoms with Crippen molar-refractivity contribution >= 4 is 16.7 Å². The molecular formula is C22H20N6. The number of aromatic nitrogens is 6. The van der Waals surface area contributed by atoms with E-state index < -0.39 is 0 Å². The molecule has 0 saturated carbocycles. The number of rotatable bonds is 2. The summed E-state index contributed by atoms with van der Waals surface area (Å²) in [6.07, 6.45) is 3.56. The van der Waals surface area contributed by atoms with Gasteiger partial charge in [0.15, 0.2) is 17.1 Å². The third-order valence-corrected chi connectivity index (χ3v) is 5.27. The van der Waals surface area contributed by atoms with Crippen LogP contribution in [0.2, 0.25) is 0 Å². The van der Waals surface area contributed by atoms with Gasteiger partial charge in [0.05, 0.1) is 5.39 Å². The van der Waals surface area contributed by atoms with Crippen molar-refractivity contribution < 1.29 is 0 Å². The molecule has 0 spiro atoms. The van der Waals surface area contributed by atoms with Gasteiger partial charge in [-0.25, -0.2) is 19.5 Å². The molecule has 1 aromatic carbocycles. The summed E-state index contributed by atoms with van der Waals surface area (Å²) in [5.74, 6) is 1.57. The summed E-state index contributed by atoms with van der Waals surface area (Å²) in [5.41, 5.74) is 7.28. The van der Waals surface area contributed by atoms with Crippen LogP contribution in [0.25, 0.3) is 33.9 Å². The monoisotopic (exact) mass is 368 g/mol. The number of benzene rings is 1. The van der Waals surface area contributed by atoms with E-state index in [0.29, 0.717) is 5.82 Å². The minimum absolute atomic E-state index is 0.702. The molecule has 0 bridgehead atoms. The topological polar surface area (TPSA) is 60.9 Å². The van der Waals surface area contributed by atoms with Crippen LogP contribution in [0.15, 0.2) is 48.9 Å². The Balaban J connectivity index is 1.79. The van der Waals surface area contributed by atoms with Gasteiger partial charge in [0, 0.05) is 17.5 Å². The molecule has 5 aromatic rings. The first-order valence-electron chi connectivity index (χ1n) is 9.26. The zero-order valence-electron chi connectivity index (χ0n) is 16.3. The van der Waals surface area contributed by atoms with E-state index in [1.165, 1.54) is 5.56 Å². The van der Waals surface area contributed by atoms with Crippen LogP contribution >= 0.6 is 0 Å². The number of hydrogen-bond acceptors (Lipinski definition) is 4. The Morgan fingerprint density at radius 1 is 0.821 bits per heavy atom. The molecule has 0 saturated heterocycles. The maximum Gasteiger partial charge on any atom is 0.182 e. The quantitative estimate of drug-likeness (QED) is 0.464. The fourth-order valence-corrected chi connectivity index (χ4v) is 3.61. The highest BCUT2D eigenvalue weighted by Gasteiger charge is 2.19. The SMILES string of the molecule is Cc1ccc(-c2nc3c4c(C)c(C)n(-c5cc(C)ccn5)c4ncn3n2)cc1. The van der Waals surface area contributed by atoms with Gasteiger partial charge >= 0.3 is 0 Å². The fraction of sp³-hybridized carbons (Fsp3) is 0.182. The molecule has 6 nitrogen and oxygen atoms in total. The van der Waals surface area contributed by atoms with E-state index in [9.17, 15) is 0 Å². The van der Waals surface area contributed by atoms with Gasteiger partial charge in [-0.3, -0.25) is 4.57 Å². The Bertz CT molecular complexity index is 1340. The van der Waals surface area contributed by atoms with E-state index in [-0.39, 0.29) is 0 Å². The van der Waals surface area contributed by atoms with Gasteiger partial charge in [-0.2, -0.15) is 0 Å². The van der Waals surface area contributed by atoms with Gasteiger partial charge in [0.2, 0.25) is 0 Å². The van der Waals surface area contributed by atoms with Crippen LogP contribution in [0.3, 0.4) is 0 Å². The lowest BCUT2D eigenvalue weighted by Crippen LogP contribution is -2.01. The van der Waals surface area contributed by atoms with Gasteiger partial charge in [-0.15, -0.1) is 5.10 Å². The van der Waals surface area contributed by atoms with Gasteiger partial charge in [0.1, 0.15) is 12.1 Å². The normalized spacial score (nSPS) is 11.6. The molecule has 0 aliphatic heterocycles. The highest BCUT2D eigenvalue weighted by atomic mass is 15.3. The second-order valence-corrected chi connectivity index (χ2v) is 7.25. The van der Waals surface area contributed by atoms with Crippen LogP contribution in [0, 0.1) is 27.7 Å². The highest BCUT2D eigenvalue weighted by Crippen LogP contribution is 2.30. The molecule has 5 rings (SSSR count). The van der Waals surface area contributed by atoms with Crippen molar-refractivity contribution in [1.29, 1.82) is 0 Å². The summed E-state index contributed by atoms with van der Waals surface area (Å²) in [4.78, 5) is 14.1. The fourth-order valence-electron chi connectivity index (χ4n) is 3.61. The third-order valence-electron chi connectivity index (χ3n) is 5.27. The molecule has 138 valence electrons. The number of nitrogens with zero attached hydrogens (tertiary/aromatic N) is 6. The minimum atomic E-state index is 0.702. The smallest absolute Gasteiger partial charge is 0.182 e. The number of fused-ring (bicyclic) bond motifs is 3. The Labute approximate surface area is 162 Å². The van der Waals surface area contributed by atoms with E-state index in [0.717, 1.165) is 44.9 Å². The number of hydrogen-bond donors (Lipinski definition) is 0. The first-order chi connectivity index (χ1) is 13.5. The van der Waals surface area contributed by atoms with Crippen molar-refractivity contribution in [2.24, 2.45) is 0 Å². The molecule has 0 radical (unpaired) electrons. The number of aryl methyl sites for hydroxylation is 3. The van der Waals surface area contributed by atoms with E-state index in [4.69, 9.17) is 9.97 Å². The molecule has 28 heavy (non-hydrogen) atoms. The molecule has 0 aliphatic rings. The second kappa shape index (κ2) is 5.99. The van der Waals surface area contributed by atoms with Crippen molar-refractivity contribution in [3.05, 3.63) is 71.3 Å². The summed E-state index contributed by atoms with van der Waals surface area (Å²) >= 11 is 0. The first kappa shape index (κ1) is 16.6. The Kier molecular flexibility index (Phi) is 3.55. The summed E-state index contributed by atoms with van der Waals surface area (Å²) in [6, 6.07) is 12.3. The van der Waals surface area contributed by atoms with E-state index in [1.807, 2.05) is 12.3 Å². The van der Waals surface area contributed by atoms with E-state index in [2.05, 4.69) is 72.7 Å². The predicted octanol–water partition coefficient (Wildman–Crippen LogP) is 4.36. The first-order valence-corrected chi connectivity index (χ1v) is 9.26. The van der Waals surface area contributed by atoms with Crippen molar-refractivity contribution in [2.75, 3.05) is 0 Å². The molecule has 0 N–H and O–H groups in total. The van der Waals surface area contributed by atoms with Crippen LogP contribution in [0.5, 0.6) is 0 Å². The molecule has 0 aliphatic carbocycles. The standard InChI is InChI=1S/C22H20N6/c1-13-5-7-17(8-6-13)20-25-22-19-15(3)16(4)28(18-11-14(2)9-10-23-18)21(19)24-12-27(22)26-20/h5-12H,1-4H3. The maximum atomic E-state index is 4.85. The molecule has 0 fully saturated rings. The lowest BCUT2D eigenvalue weighted by atomic mass is 10.1. The molecule has 0 amide bonds. The average Bonchev–Trinajstić information content (AvgIpc) is 3.22. The van der Waals surface area contributed by atoms with Crippen molar-refractivity contribution in [1.82, 2.24) is 29.1 Å². The molecule has 4 aromatic heterocycles. The molecule has 0 unspecified atom stereocenters. The average molecular weight is 368 g/mol. The van der Waals surface area contributed by atoms with Crippen LogP contribution in [0.1, 0.15) is 22.4 Å². The van der Waals surface area contributed by atoms with E-state index >= 15 is 0 Å².